The zero-order valence-electron chi connectivity index (χ0n) is 47.8. The Hall–Kier alpha value is -11.1. The zero-order chi connectivity index (χ0) is 57.9. The van der Waals surface area contributed by atoms with E-state index in [1.54, 1.807) is 0 Å². The highest BCUT2D eigenvalue weighted by Crippen LogP contribution is 2.53. The summed E-state index contributed by atoms with van der Waals surface area (Å²) in [4.78, 5) is 7.27. The third-order valence-corrected chi connectivity index (χ3v) is 17.9. The molecule has 0 saturated heterocycles. The molecule has 2 nitrogen and oxygen atoms in total. The number of thiophene rings is 1. The van der Waals surface area contributed by atoms with Crippen molar-refractivity contribution in [1.29, 1.82) is 0 Å². The van der Waals surface area contributed by atoms with Crippen LogP contribution in [0, 0.1) is 0 Å². The van der Waals surface area contributed by atoms with Crippen LogP contribution in [0.2, 0.25) is 0 Å². The molecule has 410 valence electrons. The molecule has 15 rings (SSSR count). The fourth-order valence-electron chi connectivity index (χ4n) is 12.3. The lowest BCUT2D eigenvalue weighted by molar-refractivity contribution is 1.29. The van der Waals surface area contributed by atoms with Gasteiger partial charge in [-0.2, -0.15) is 0 Å². The van der Waals surface area contributed by atoms with Gasteiger partial charge < -0.3 is 9.80 Å². The fraction of sp³-hybridized carbons (Fsp3) is 0. The Bertz CT molecular complexity index is 4440. The minimum atomic E-state index is 1.07. The summed E-state index contributed by atoms with van der Waals surface area (Å²) in [7, 11) is 0. The van der Waals surface area contributed by atoms with E-state index in [2.05, 4.69) is 362 Å². The van der Waals surface area contributed by atoms with Crippen LogP contribution < -0.4 is 9.80 Å². The van der Waals surface area contributed by atoms with Gasteiger partial charge in [0.15, 0.2) is 0 Å². The first-order valence-electron chi connectivity index (χ1n) is 29.7. The SMILES string of the molecule is c1ccc(-c2cc(-c3ccccc3)cc(N(c3ccc(-c4sc(-c5ccc(N(c6cc(-c7ccccc7)cc(-c7ccccc7)c6)c6ccc7ccccc7c6)cc5)c(-c5ccccc5)c4-c4ccccc4)cc3)c3ccc4ccccc4c3)c2)cc1. The normalized spacial score (nSPS) is 11.2. The Morgan fingerprint density at radius 2 is 0.425 bits per heavy atom. The molecule has 0 saturated carbocycles. The highest BCUT2D eigenvalue weighted by atomic mass is 32.1. The standard InChI is InChI=1S/C84H58N2S/c1-7-23-59(24-8-1)71-51-72(60-25-9-2-10-26-60)56-79(55-71)85(77-49-39-63-31-19-21-37-69(63)53-77)75-45-41-67(42-46-75)83-81(65-33-15-5-16-34-65)82(66-35-17-6-18-36-66)84(87-83)68-43-47-76(48-44-68)86(78-50-40-64-32-20-22-38-70(64)54-78)80-57-73(61-27-11-3-12-28-61)52-74(58-80)62-29-13-4-14-30-62/h1-58H. The number of anilines is 6. The second-order valence-electron chi connectivity index (χ2n) is 22.1. The van der Waals surface area contributed by atoms with E-state index in [-0.39, 0.29) is 0 Å². The van der Waals surface area contributed by atoms with Crippen LogP contribution in [0.15, 0.2) is 352 Å². The van der Waals surface area contributed by atoms with Crippen LogP contribution in [-0.4, -0.2) is 0 Å². The van der Waals surface area contributed by atoms with Crippen molar-refractivity contribution in [3.8, 4) is 87.6 Å². The van der Waals surface area contributed by atoms with Crippen LogP contribution in [0.3, 0.4) is 0 Å². The summed E-state index contributed by atoms with van der Waals surface area (Å²) in [6.45, 7) is 0. The summed E-state index contributed by atoms with van der Waals surface area (Å²) >= 11 is 1.87. The van der Waals surface area contributed by atoms with Crippen LogP contribution in [0.1, 0.15) is 0 Å². The van der Waals surface area contributed by atoms with Crippen LogP contribution in [0.4, 0.5) is 34.1 Å². The zero-order valence-corrected chi connectivity index (χ0v) is 48.6. The maximum atomic E-state index is 2.42. The molecule has 14 aromatic carbocycles. The molecule has 0 aliphatic carbocycles. The second-order valence-corrected chi connectivity index (χ2v) is 23.1. The van der Waals surface area contributed by atoms with Crippen molar-refractivity contribution in [2.75, 3.05) is 9.80 Å². The van der Waals surface area contributed by atoms with E-state index in [0.29, 0.717) is 0 Å². The molecule has 0 spiro atoms. The van der Waals surface area contributed by atoms with E-state index >= 15 is 0 Å². The van der Waals surface area contributed by atoms with Gasteiger partial charge in [0.2, 0.25) is 0 Å². The average Bonchev–Trinajstić information content (AvgIpc) is 2.15. The molecular weight excluding hydrogens is 1070 g/mol. The smallest absolute Gasteiger partial charge is 0.0473 e. The van der Waals surface area contributed by atoms with Gasteiger partial charge in [-0.15, -0.1) is 11.3 Å². The van der Waals surface area contributed by atoms with E-state index in [1.165, 1.54) is 75.8 Å². The van der Waals surface area contributed by atoms with Crippen molar-refractivity contribution >= 4 is 67.0 Å². The Labute approximate surface area is 513 Å². The maximum Gasteiger partial charge on any atom is 0.0473 e. The van der Waals surface area contributed by atoms with E-state index in [4.69, 9.17) is 0 Å². The summed E-state index contributed by atoms with van der Waals surface area (Å²) < 4.78 is 0. The monoisotopic (exact) mass is 1130 g/mol. The first-order chi connectivity index (χ1) is 43.1. The molecule has 0 aliphatic heterocycles. The molecule has 15 aromatic rings. The number of nitrogens with zero attached hydrogens (tertiary/aromatic N) is 2. The molecule has 0 N–H and O–H groups in total. The van der Waals surface area contributed by atoms with Gasteiger partial charge in [-0.05, 0) is 173 Å². The van der Waals surface area contributed by atoms with E-state index < -0.39 is 0 Å². The van der Waals surface area contributed by atoms with E-state index in [9.17, 15) is 0 Å². The van der Waals surface area contributed by atoms with Gasteiger partial charge in [-0.1, -0.05) is 267 Å². The van der Waals surface area contributed by atoms with Crippen molar-refractivity contribution in [2.24, 2.45) is 0 Å². The minimum absolute atomic E-state index is 1.07. The summed E-state index contributed by atoms with van der Waals surface area (Å²) in [5.74, 6) is 0. The largest absolute Gasteiger partial charge is 0.310 e. The van der Waals surface area contributed by atoms with E-state index in [0.717, 1.165) is 67.5 Å². The molecule has 0 aliphatic rings. The lowest BCUT2D eigenvalue weighted by Gasteiger charge is -2.27. The van der Waals surface area contributed by atoms with Gasteiger partial charge in [-0.25, -0.2) is 0 Å². The summed E-state index contributed by atoms with van der Waals surface area (Å²) in [5.41, 5.74) is 22.9. The van der Waals surface area contributed by atoms with Crippen molar-refractivity contribution in [1.82, 2.24) is 0 Å². The highest BCUT2D eigenvalue weighted by Gasteiger charge is 2.25. The lowest BCUT2D eigenvalue weighted by Crippen LogP contribution is -2.10. The fourth-order valence-corrected chi connectivity index (χ4v) is 13.7. The second kappa shape index (κ2) is 23.5. The van der Waals surface area contributed by atoms with Gasteiger partial charge in [0.1, 0.15) is 0 Å². The van der Waals surface area contributed by atoms with Gasteiger partial charge in [0, 0.05) is 55.0 Å². The van der Waals surface area contributed by atoms with Crippen LogP contribution >= 0.6 is 11.3 Å². The molecule has 0 bridgehead atoms. The number of hydrogen-bond acceptors (Lipinski definition) is 3. The minimum Gasteiger partial charge on any atom is -0.310 e. The Balaban J connectivity index is 0.885. The predicted molar refractivity (Wildman–Crippen MR) is 372 cm³/mol. The first-order valence-corrected chi connectivity index (χ1v) is 30.5. The molecule has 87 heavy (non-hydrogen) atoms. The quantitative estimate of drug-likeness (QED) is 0.107. The van der Waals surface area contributed by atoms with Crippen molar-refractivity contribution in [3.05, 3.63) is 352 Å². The molecule has 0 amide bonds. The molecule has 3 heteroatoms. The molecule has 0 radical (unpaired) electrons. The van der Waals surface area contributed by atoms with Gasteiger partial charge >= 0.3 is 0 Å². The third-order valence-electron chi connectivity index (χ3n) is 16.6. The lowest BCUT2D eigenvalue weighted by atomic mass is 9.91. The Morgan fingerprint density at radius 1 is 0.161 bits per heavy atom. The molecular formula is C84H58N2S. The number of benzene rings is 14. The topological polar surface area (TPSA) is 6.48 Å². The first kappa shape index (κ1) is 52.7. The number of hydrogen-bond donors (Lipinski definition) is 0. The van der Waals surface area contributed by atoms with E-state index in [1.807, 2.05) is 11.3 Å². The average molecular weight is 1130 g/mol. The summed E-state index contributed by atoms with van der Waals surface area (Å²) in [5, 5.41) is 4.79. The summed E-state index contributed by atoms with van der Waals surface area (Å²) in [6.07, 6.45) is 0. The highest BCUT2D eigenvalue weighted by molar-refractivity contribution is 7.20. The Morgan fingerprint density at radius 3 is 0.736 bits per heavy atom. The maximum absolute atomic E-state index is 2.42. The van der Waals surface area contributed by atoms with Crippen LogP contribution in [0.5, 0.6) is 0 Å². The van der Waals surface area contributed by atoms with Crippen molar-refractivity contribution in [2.45, 2.75) is 0 Å². The van der Waals surface area contributed by atoms with Gasteiger partial charge in [0.25, 0.3) is 0 Å². The molecule has 0 fully saturated rings. The summed E-state index contributed by atoms with van der Waals surface area (Å²) in [6, 6.07) is 128. The molecule has 0 atom stereocenters. The van der Waals surface area contributed by atoms with Crippen LogP contribution in [-0.2, 0) is 0 Å². The molecule has 0 unspecified atom stereocenters. The molecule has 1 aromatic heterocycles. The third kappa shape index (κ3) is 10.7. The predicted octanol–water partition coefficient (Wildman–Crippen LogP) is 24.3. The van der Waals surface area contributed by atoms with Gasteiger partial charge in [0.05, 0.1) is 0 Å². The van der Waals surface area contributed by atoms with Crippen LogP contribution in [0.25, 0.3) is 109 Å². The number of rotatable bonds is 14. The van der Waals surface area contributed by atoms with Crippen molar-refractivity contribution in [3.63, 3.8) is 0 Å². The van der Waals surface area contributed by atoms with Crippen molar-refractivity contribution < 1.29 is 0 Å². The Kier molecular flexibility index (Phi) is 14.2. The van der Waals surface area contributed by atoms with Gasteiger partial charge in [-0.3, -0.25) is 0 Å². The number of fused-ring (bicyclic) bond motifs is 2. The molecule has 1 heterocycles.